The number of likely N-dealkylation sites (tertiary alicyclic amines) is 1. The first-order valence-corrected chi connectivity index (χ1v) is 10.5. The smallest absolute Gasteiger partial charge is 0.223 e. The van der Waals surface area contributed by atoms with Crippen molar-refractivity contribution in [3.05, 3.63) is 58.1 Å². The van der Waals surface area contributed by atoms with Crippen LogP contribution in [0.2, 0.25) is 10.0 Å². The van der Waals surface area contributed by atoms with Gasteiger partial charge in [-0.2, -0.15) is 0 Å². The van der Waals surface area contributed by atoms with E-state index < -0.39 is 0 Å². The molecule has 0 bridgehead atoms. The SMILES string of the molecule is COc1cccc(OCCNC(=O)C2CCN(Cc3ccc(Cl)cc3Cl)CC2)c1. The van der Waals surface area contributed by atoms with Gasteiger partial charge in [-0.3, -0.25) is 9.69 Å². The molecule has 1 heterocycles. The molecule has 0 radical (unpaired) electrons. The Morgan fingerprint density at radius 1 is 1.14 bits per heavy atom. The summed E-state index contributed by atoms with van der Waals surface area (Å²) < 4.78 is 10.8. The molecule has 5 nitrogen and oxygen atoms in total. The van der Waals surface area contributed by atoms with E-state index in [1.807, 2.05) is 36.4 Å². The van der Waals surface area contributed by atoms with Crippen molar-refractivity contribution in [1.82, 2.24) is 10.2 Å². The molecule has 0 saturated carbocycles. The average molecular weight is 437 g/mol. The molecule has 0 aromatic heterocycles. The van der Waals surface area contributed by atoms with Gasteiger partial charge < -0.3 is 14.8 Å². The van der Waals surface area contributed by atoms with Crippen molar-refractivity contribution in [2.45, 2.75) is 19.4 Å². The number of amides is 1. The number of methoxy groups -OCH3 is 1. The number of halogens is 2. The van der Waals surface area contributed by atoms with Gasteiger partial charge in [-0.15, -0.1) is 0 Å². The van der Waals surface area contributed by atoms with Crippen LogP contribution >= 0.6 is 23.2 Å². The summed E-state index contributed by atoms with van der Waals surface area (Å²) >= 11 is 12.2. The van der Waals surface area contributed by atoms with E-state index in [0.717, 1.165) is 49.5 Å². The minimum Gasteiger partial charge on any atom is -0.497 e. The number of nitrogens with zero attached hydrogens (tertiary/aromatic N) is 1. The van der Waals surface area contributed by atoms with Crippen molar-refractivity contribution >= 4 is 29.1 Å². The minimum atomic E-state index is 0.0451. The molecule has 0 spiro atoms. The molecule has 1 amide bonds. The summed E-state index contributed by atoms with van der Waals surface area (Å²) in [7, 11) is 1.62. The van der Waals surface area contributed by atoms with Gasteiger partial charge >= 0.3 is 0 Å². The quantitative estimate of drug-likeness (QED) is 0.622. The van der Waals surface area contributed by atoms with E-state index in [4.69, 9.17) is 32.7 Å². The van der Waals surface area contributed by atoms with Gasteiger partial charge in [-0.05, 0) is 55.8 Å². The van der Waals surface area contributed by atoms with Gasteiger partial charge in [0.1, 0.15) is 18.1 Å². The van der Waals surface area contributed by atoms with E-state index in [0.29, 0.717) is 23.2 Å². The second-order valence-corrected chi connectivity index (χ2v) is 7.95. The minimum absolute atomic E-state index is 0.0451. The zero-order chi connectivity index (χ0) is 20.6. The van der Waals surface area contributed by atoms with E-state index in [1.54, 1.807) is 13.2 Å². The Kier molecular flexibility index (Phi) is 8.04. The highest BCUT2D eigenvalue weighted by molar-refractivity contribution is 6.35. The molecular weight excluding hydrogens is 411 g/mol. The second-order valence-electron chi connectivity index (χ2n) is 7.10. The molecule has 1 saturated heterocycles. The van der Waals surface area contributed by atoms with Crippen LogP contribution < -0.4 is 14.8 Å². The van der Waals surface area contributed by atoms with E-state index >= 15 is 0 Å². The molecule has 7 heteroatoms. The third-order valence-electron chi connectivity index (χ3n) is 5.08. The van der Waals surface area contributed by atoms with Gasteiger partial charge in [0.2, 0.25) is 5.91 Å². The van der Waals surface area contributed by atoms with Crippen molar-refractivity contribution < 1.29 is 14.3 Å². The molecular formula is C22H26Cl2N2O3. The Hall–Kier alpha value is -1.95. The third kappa shape index (κ3) is 6.53. The Morgan fingerprint density at radius 2 is 1.90 bits per heavy atom. The van der Waals surface area contributed by atoms with Gasteiger partial charge in [-0.1, -0.05) is 35.3 Å². The number of carbonyl (C=O) groups excluding carboxylic acids is 1. The highest BCUT2D eigenvalue weighted by Gasteiger charge is 2.25. The fourth-order valence-corrected chi connectivity index (χ4v) is 3.89. The number of nitrogens with one attached hydrogen (secondary N) is 1. The predicted molar refractivity (Wildman–Crippen MR) is 116 cm³/mol. The normalized spacial score (nSPS) is 15.1. The van der Waals surface area contributed by atoms with Crippen LogP contribution in [0.4, 0.5) is 0 Å². The molecule has 0 atom stereocenters. The highest BCUT2D eigenvalue weighted by atomic mass is 35.5. The zero-order valence-electron chi connectivity index (χ0n) is 16.5. The predicted octanol–water partition coefficient (Wildman–Crippen LogP) is 4.41. The maximum atomic E-state index is 12.4. The summed E-state index contributed by atoms with van der Waals surface area (Å²) in [6, 6.07) is 13.0. The van der Waals surface area contributed by atoms with Crippen LogP contribution in [0.1, 0.15) is 18.4 Å². The Bertz CT molecular complexity index is 823. The van der Waals surface area contributed by atoms with E-state index in [-0.39, 0.29) is 11.8 Å². The molecule has 29 heavy (non-hydrogen) atoms. The molecule has 1 aliphatic rings. The van der Waals surface area contributed by atoms with Crippen LogP contribution in [0.5, 0.6) is 11.5 Å². The number of carbonyl (C=O) groups is 1. The van der Waals surface area contributed by atoms with E-state index in [9.17, 15) is 4.79 Å². The van der Waals surface area contributed by atoms with E-state index in [1.165, 1.54) is 0 Å². The first-order valence-electron chi connectivity index (χ1n) is 9.76. The van der Waals surface area contributed by atoms with Gasteiger partial charge in [0, 0.05) is 28.6 Å². The molecule has 1 aliphatic heterocycles. The number of rotatable bonds is 8. The molecule has 1 N–H and O–H groups in total. The molecule has 2 aromatic rings. The largest absolute Gasteiger partial charge is 0.497 e. The monoisotopic (exact) mass is 436 g/mol. The van der Waals surface area contributed by atoms with Crippen molar-refractivity contribution in [1.29, 1.82) is 0 Å². The summed E-state index contributed by atoms with van der Waals surface area (Å²) in [5.74, 6) is 1.62. The number of hydrogen-bond acceptors (Lipinski definition) is 4. The van der Waals surface area contributed by atoms with Crippen molar-refractivity contribution in [3.8, 4) is 11.5 Å². The van der Waals surface area contributed by atoms with Crippen molar-refractivity contribution in [2.24, 2.45) is 5.92 Å². The van der Waals surface area contributed by atoms with Crippen molar-refractivity contribution in [3.63, 3.8) is 0 Å². The van der Waals surface area contributed by atoms with Crippen LogP contribution in [0, 0.1) is 5.92 Å². The van der Waals surface area contributed by atoms with Gasteiger partial charge in [0.15, 0.2) is 0 Å². The number of benzene rings is 2. The van der Waals surface area contributed by atoms with Crippen LogP contribution in [0.3, 0.4) is 0 Å². The van der Waals surface area contributed by atoms with Gasteiger partial charge in [0.25, 0.3) is 0 Å². The fourth-order valence-electron chi connectivity index (χ4n) is 3.42. The fraction of sp³-hybridized carbons (Fsp3) is 0.409. The van der Waals surface area contributed by atoms with Crippen LogP contribution in [0.25, 0.3) is 0 Å². The summed E-state index contributed by atoms with van der Waals surface area (Å²) in [5.41, 5.74) is 1.06. The number of hydrogen-bond donors (Lipinski definition) is 1. The zero-order valence-corrected chi connectivity index (χ0v) is 18.0. The lowest BCUT2D eigenvalue weighted by Gasteiger charge is -2.31. The molecule has 1 fully saturated rings. The first-order chi connectivity index (χ1) is 14.0. The lowest BCUT2D eigenvalue weighted by molar-refractivity contribution is -0.126. The Labute approximate surface area is 181 Å². The summed E-state index contributed by atoms with van der Waals surface area (Å²) in [6.45, 7) is 3.43. The number of piperidine rings is 1. The highest BCUT2D eigenvalue weighted by Crippen LogP contribution is 2.25. The summed E-state index contributed by atoms with van der Waals surface area (Å²) in [4.78, 5) is 14.7. The Morgan fingerprint density at radius 3 is 2.62 bits per heavy atom. The topological polar surface area (TPSA) is 50.8 Å². The van der Waals surface area contributed by atoms with Crippen LogP contribution in [-0.2, 0) is 11.3 Å². The molecule has 156 valence electrons. The third-order valence-corrected chi connectivity index (χ3v) is 5.67. The van der Waals surface area contributed by atoms with Crippen LogP contribution in [0.15, 0.2) is 42.5 Å². The van der Waals surface area contributed by atoms with Gasteiger partial charge in [-0.25, -0.2) is 0 Å². The molecule has 3 rings (SSSR count). The summed E-state index contributed by atoms with van der Waals surface area (Å²) in [5, 5.41) is 4.31. The summed E-state index contributed by atoms with van der Waals surface area (Å²) in [6.07, 6.45) is 1.68. The average Bonchev–Trinajstić information content (AvgIpc) is 2.74. The molecule has 0 unspecified atom stereocenters. The van der Waals surface area contributed by atoms with E-state index in [2.05, 4.69) is 10.2 Å². The first kappa shape index (κ1) is 21.8. The number of ether oxygens (including phenoxy) is 2. The van der Waals surface area contributed by atoms with Gasteiger partial charge in [0.05, 0.1) is 13.7 Å². The van der Waals surface area contributed by atoms with Crippen LogP contribution in [-0.4, -0.2) is 44.2 Å². The lowest BCUT2D eigenvalue weighted by atomic mass is 9.95. The Balaban J connectivity index is 1.36. The second kappa shape index (κ2) is 10.7. The maximum absolute atomic E-state index is 12.4. The standard InChI is InChI=1S/C22H26Cl2N2O3/c1-28-19-3-2-4-20(14-19)29-12-9-25-22(27)16-7-10-26(11-8-16)15-17-5-6-18(23)13-21(17)24/h2-6,13-14,16H,7-12,15H2,1H3,(H,25,27). The molecule has 2 aromatic carbocycles. The van der Waals surface area contributed by atoms with Crippen molar-refractivity contribution in [2.75, 3.05) is 33.4 Å². The molecule has 0 aliphatic carbocycles. The lowest BCUT2D eigenvalue weighted by Crippen LogP contribution is -2.41. The maximum Gasteiger partial charge on any atom is 0.223 e.